The molecule has 3 aromatic rings. The van der Waals surface area contributed by atoms with E-state index in [2.05, 4.69) is 21.4 Å². The molecule has 2 heterocycles. The molecular weight excluding hydrogens is 394 g/mol. The number of likely N-dealkylation sites (N-methyl/N-ethyl adjacent to an activating group) is 1. The van der Waals surface area contributed by atoms with Gasteiger partial charge in [-0.3, -0.25) is 14.5 Å². The fraction of sp³-hybridized carbons (Fsp3) is 0.350. The maximum absolute atomic E-state index is 5.89. The van der Waals surface area contributed by atoms with Crippen LogP contribution in [-0.4, -0.2) is 44.4 Å². The first kappa shape index (κ1) is 20.5. The summed E-state index contributed by atoms with van der Waals surface area (Å²) in [6.07, 6.45) is 4.53. The van der Waals surface area contributed by atoms with Gasteiger partial charge in [-0.1, -0.05) is 18.5 Å². The number of hydrogen-bond donors (Lipinski definition) is 0. The topological polar surface area (TPSA) is 48.1 Å². The molecule has 0 radical (unpaired) electrons. The number of aromatic nitrogens is 4. The van der Waals surface area contributed by atoms with Crippen LogP contribution in [0.2, 0.25) is 5.02 Å². The Morgan fingerprint density at radius 1 is 1.14 bits per heavy atom. The summed E-state index contributed by atoms with van der Waals surface area (Å²) in [5.74, 6) is 1.68. The molecule has 0 aliphatic heterocycles. The molecule has 0 unspecified atom stereocenters. The van der Waals surface area contributed by atoms with Crippen molar-refractivity contribution in [2.45, 2.75) is 26.6 Å². The zero-order chi connectivity index (χ0) is 19.9. The highest BCUT2D eigenvalue weighted by Crippen LogP contribution is 2.18. The van der Waals surface area contributed by atoms with E-state index >= 15 is 0 Å². The molecule has 0 spiro atoms. The standard InChI is InChI=1S/C20H24ClN5OS/c1-3-12-25-19(16-8-10-22-11-9-16)23-26(20(25)28)15-24(2)13-14-27-18-6-4-17(21)5-7-18/h4-11H,3,12-15H2,1-2H3. The summed E-state index contributed by atoms with van der Waals surface area (Å²) in [7, 11) is 2.03. The van der Waals surface area contributed by atoms with E-state index < -0.39 is 0 Å². The first-order valence-corrected chi connectivity index (χ1v) is 10.0. The molecule has 0 saturated carbocycles. The van der Waals surface area contributed by atoms with Crippen molar-refractivity contribution in [3.63, 3.8) is 0 Å². The lowest BCUT2D eigenvalue weighted by molar-refractivity contribution is 0.197. The Hall–Kier alpha value is -2.22. The quantitative estimate of drug-likeness (QED) is 0.479. The molecule has 1 aromatic carbocycles. The lowest BCUT2D eigenvalue weighted by Gasteiger charge is -2.16. The predicted molar refractivity (Wildman–Crippen MR) is 114 cm³/mol. The van der Waals surface area contributed by atoms with Crippen LogP contribution in [-0.2, 0) is 13.2 Å². The number of pyridine rings is 1. The van der Waals surface area contributed by atoms with E-state index in [0.717, 1.165) is 41.4 Å². The van der Waals surface area contributed by atoms with Crippen molar-refractivity contribution in [2.24, 2.45) is 0 Å². The summed E-state index contributed by atoms with van der Waals surface area (Å²) in [6.45, 7) is 4.88. The molecule has 2 aromatic heterocycles. The van der Waals surface area contributed by atoms with Crippen LogP contribution in [0.1, 0.15) is 13.3 Å². The largest absolute Gasteiger partial charge is 0.492 e. The zero-order valence-electron chi connectivity index (χ0n) is 16.1. The molecule has 8 heteroatoms. The van der Waals surface area contributed by atoms with Gasteiger partial charge >= 0.3 is 0 Å². The monoisotopic (exact) mass is 417 g/mol. The lowest BCUT2D eigenvalue weighted by Crippen LogP contribution is -2.27. The van der Waals surface area contributed by atoms with Crippen LogP contribution in [0.15, 0.2) is 48.8 Å². The summed E-state index contributed by atoms with van der Waals surface area (Å²) >= 11 is 11.6. The van der Waals surface area contributed by atoms with Gasteiger partial charge in [0, 0.05) is 36.1 Å². The number of ether oxygens (including phenoxy) is 1. The SMILES string of the molecule is CCCn1c(-c2ccncc2)nn(CN(C)CCOc2ccc(Cl)cc2)c1=S. The van der Waals surface area contributed by atoms with E-state index in [1.54, 1.807) is 12.4 Å². The van der Waals surface area contributed by atoms with Gasteiger partial charge in [0.2, 0.25) is 0 Å². The molecule has 6 nitrogen and oxygen atoms in total. The van der Waals surface area contributed by atoms with Gasteiger partial charge in [-0.25, -0.2) is 4.68 Å². The Morgan fingerprint density at radius 3 is 2.54 bits per heavy atom. The number of rotatable bonds is 9. The number of hydrogen-bond acceptors (Lipinski definition) is 5. The van der Waals surface area contributed by atoms with E-state index in [-0.39, 0.29) is 0 Å². The van der Waals surface area contributed by atoms with Crippen molar-refractivity contribution in [3.8, 4) is 17.1 Å². The Balaban J connectivity index is 1.66. The molecule has 0 N–H and O–H groups in total. The van der Waals surface area contributed by atoms with Gasteiger partial charge in [0.1, 0.15) is 12.4 Å². The van der Waals surface area contributed by atoms with Crippen LogP contribution < -0.4 is 4.74 Å². The van der Waals surface area contributed by atoms with Crippen molar-refractivity contribution in [1.29, 1.82) is 0 Å². The number of benzene rings is 1. The molecule has 0 saturated heterocycles. The smallest absolute Gasteiger partial charge is 0.199 e. The highest BCUT2D eigenvalue weighted by atomic mass is 35.5. The highest BCUT2D eigenvalue weighted by molar-refractivity contribution is 7.71. The molecule has 0 amide bonds. The second kappa shape index (κ2) is 9.82. The summed E-state index contributed by atoms with van der Waals surface area (Å²) in [6, 6.07) is 11.3. The molecule has 0 bridgehead atoms. The minimum atomic E-state index is 0.568. The third kappa shape index (κ3) is 5.19. The van der Waals surface area contributed by atoms with Crippen LogP contribution >= 0.6 is 23.8 Å². The van der Waals surface area contributed by atoms with Crippen LogP contribution in [0.4, 0.5) is 0 Å². The van der Waals surface area contributed by atoms with Crippen molar-refractivity contribution in [3.05, 3.63) is 58.6 Å². The van der Waals surface area contributed by atoms with Gasteiger partial charge in [0.25, 0.3) is 0 Å². The van der Waals surface area contributed by atoms with Crippen LogP contribution in [0, 0.1) is 4.77 Å². The molecule has 0 atom stereocenters. The van der Waals surface area contributed by atoms with Gasteiger partial charge < -0.3 is 4.74 Å². The molecule has 0 aliphatic carbocycles. The van der Waals surface area contributed by atoms with Gasteiger partial charge in [0.05, 0.1) is 6.67 Å². The van der Waals surface area contributed by atoms with Gasteiger partial charge in [-0.05, 0) is 62.1 Å². The van der Waals surface area contributed by atoms with E-state index in [1.807, 2.05) is 48.1 Å². The summed E-state index contributed by atoms with van der Waals surface area (Å²) < 4.78 is 10.4. The Morgan fingerprint density at radius 2 is 1.86 bits per heavy atom. The van der Waals surface area contributed by atoms with E-state index in [0.29, 0.717) is 18.3 Å². The third-order valence-corrected chi connectivity index (χ3v) is 4.92. The minimum Gasteiger partial charge on any atom is -0.492 e. The normalized spacial score (nSPS) is 11.1. The second-order valence-electron chi connectivity index (χ2n) is 6.52. The predicted octanol–water partition coefficient (Wildman–Crippen LogP) is 4.51. The minimum absolute atomic E-state index is 0.568. The Bertz CT molecular complexity index is 939. The average Bonchev–Trinajstić information content (AvgIpc) is 3.00. The van der Waals surface area contributed by atoms with Crippen molar-refractivity contribution >= 4 is 23.8 Å². The zero-order valence-corrected chi connectivity index (χ0v) is 17.7. The van der Waals surface area contributed by atoms with Gasteiger partial charge in [-0.2, -0.15) is 5.10 Å². The summed E-state index contributed by atoms with van der Waals surface area (Å²) in [5.41, 5.74) is 1.02. The molecule has 148 valence electrons. The lowest BCUT2D eigenvalue weighted by atomic mass is 10.2. The van der Waals surface area contributed by atoms with Crippen molar-refractivity contribution < 1.29 is 4.74 Å². The fourth-order valence-corrected chi connectivity index (χ4v) is 3.22. The fourth-order valence-electron chi connectivity index (χ4n) is 2.82. The Kier molecular flexibility index (Phi) is 7.19. The van der Waals surface area contributed by atoms with Gasteiger partial charge in [-0.15, -0.1) is 0 Å². The van der Waals surface area contributed by atoms with Crippen LogP contribution in [0.5, 0.6) is 5.75 Å². The summed E-state index contributed by atoms with van der Waals surface area (Å²) in [5, 5.41) is 5.47. The molecule has 0 fully saturated rings. The van der Waals surface area contributed by atoms with Gasteiger partial charge in [0.15, 0.2) is 10.6 Å². The molecular formula is C20H24ClN5OS. The first-order chi connectivity index (χ1) is 13.6. The maximum Gasteiger partial charge on any atom is 0.199 e. The maximum atomic E-state index is 5.89. The van der Waals surface area contributed by atoms with Crippen LogP contribution in [0.3, 0.4) is 0 Å². The van der Waals surface area contributed by atoms with Crippen molar-refractivity contribution in [2.75, 3.05) is 20.2 Å². The first-order valence-electron chi connectivity index (χ1n) is 9.23. The third-order valence-electron chi connectivity index (χ3n) is 4.24. The number of nitrogens with zero attached hydrogens (tertiary/aromatic N) is 5. The molecule has 28 heavy (non-hydrogen) atoms. The summed E-state index contributed by atoms with van der Waals surface area (Å²) in [4.78, 5) is 6.22. The molecule has 3 rings (SSSR count). The van der Waals surface area contributed by atoms with Crippen LogP contribution in [0.25, 0.3) is 11.4 Å². The van der Waals surface area contributed by atoms with E-state index in [1.165, 1.54) is 0 Å². The number of halogens is 1. The average molecular weight is 418 g/mol. The highest BCUT2D eigenvalue weighted by Gasteiger charge is 2.13. The van der Waals surface area contributed by atoms with Crippen molar-refractivity contribution in [1.82, 2.24) is 24.2 Å². The van der Waals surface area contributed by atoms with E-state index in [4.69, 9.17) is 33.7 Å². The Labute approximate surface area is 175 Å². The van der Waals surface area contributed by atoms with E-state index in [9.17, 15) is 0 Å². The molecule has 0 aliphatic rings. The second-order valence-corrected chi connectivity index (χ2v) is 7.32.